The highest BCUT2D eigenvalue weighted by atomic mass is 16.1. The molecule has 2 N–H and O–H groups in total. The summed E-state index contributed by atoms with van der Waals surface area (Å²) >= 11 is 0. The number of aryl methyl sites for hydroxylation is 2. The van der Waals surface area contributed by atoms with E-state index in [4.69, 9.17) is 11.0 Å². The molecule has 2 aromatic rings. The number of fused-ring (bicyclic) bond motifs is 1. The number of hydrogen-bond donors (Lipinski definition) is 1. The number of nitrogens with two attached hydrogens (primary N) is 1. The number of carbonyl (C=O) groups excluding carboxylic acids is 1. The first-order chi connectivity index (χ1) is 13.1. The summed E-state index contributed by atoms with van der Waals surface area (Å²) in [6, 6.07) is 5.57. The van der Waals surface area contributed by atoms with Crippen LogP contribution in [0.4, 0.5) is 0 Å². The zero-order valence-corrected chi connectivity index (χ0v) is 16.3. The SMILES string of the molecule is Cc1nn(CCCCCCC2CCB(C#N)CC2)c2cc(C(N)=O)ccc12. The summed E-state index contributed by atoms with van der Waals surface area (Å²) in [6.45, 7) is 3.19. The Morgan fingerprint density at radius 3 is 2.74 bits per heavy atom. The largest absolute Gasteiger partial charge is 0.366 e. The van der Waals surface area contributed by atoms with Gasteiger partial charge in [0.2, 0.25) is 5.91 Å². The fourth-order valence-electron chi connectivity index (χ4n) is 4.29. The van der Waals surface area contributed by atoms with Crippen LogP contribution in [0.5, 0.6) is 0 Å². The lowest BCUT2D eigenvalue weighted by Crippen LogP contribution is -2.19. The lowest BCUT2D eigenvalue weighted by atomic mass is 9.41. The van der Waals surface area contributed by atoms with Crippen molar-refractivity contribution in [2.75, 3.05) is 0 Å². The molecule has 0 unspecified atom stereocenters. The van der Waals surface area contributed by atoms with Gasteiger partial charge < -0.3 is 5.73 Å². The third-order valence-corrected chi connectivity index (χ3v) is 5.98. The van der Waals surface area contributed by atoms with Crippen LogP contribution in [0.25, 0.3) is 10.9 Å². The molecule has 2 heterocycles. The first kappa shape index (κ1) is 19.5. The van der Waals surface area contributed by atoms with Gasteiger partial charge in [-0.1, -0.05) is 57.2 Å². The molecule has 0 saturated carbocycles. The maximum atomic E-state index is 11.4. The van der Waals surface area contributed by atoms with Crippen molar-refractivity contribution in [3.63, 3.8) is 0 Å². The van der Waals surface area contributed by atoms with Gasteiger partial charge >= 0.3 is 0 Å². The van der Waals surface area contributed by atoms with Crippen LogP contribution >= 0.6 is 0 Å². The Morgan fingerprint density at radius 1 is 1.30 bits per heavy atom. The molecule has 0 aliphatic carbocycles. The van der Waals surface area contributed by atoms with Gasteiger partial charge in [0.15, 0.2) is 0 Å². The second-order valence-electron chi connectivity index (χ2n) is 7.95. The number of nitrogens with zero attached hydrogens (tertiary/aromatic N) is 3. The summed E-state index contributed by atoms with van der Waals surface area (Å²) in [7, 11) is 0. The fourth-order valence-corrected chi connectivity index (χ4v) is 4.29. The average molecular weight is 364 g/mol. The molecule has 3 rings (SSSR count). The number of aromatic nitrogens is 2. The Balaban J connectivity index is 1.42. The minimum atomic E-state index is -0.397. The fraction of sp³-hybridized carbons (Fsp3) is 0.571. The quantitative estimate of drug-likeness (QED) is 0.558. The molecule has 1 aromatic carbocycles. The minimum Gasteiger partial charge on any atom is -0.366 e. The number of hydrogen-bond acceptors (Lipinski definition) is 3. The van der Waals surface area contributed by atoms with Crippen molar-refractivity contribution < 1.29 is 4.79 Å². The Kier molecular flexibility index (Phi) is 6.55. The lowest BCUT2D eigenvalue weighted by molar-refractivity contribution is 0.100. The van der Waals surface area contributed by atoms with Gasteiger partial charge in [-0.05, 0) is 31.4 Å². The second-order valence-corrected chi connectivity index (χ2v) is 7.95. The van der Waals surface area contributed by atoms with Crippen LogP contribution in [-0.2, 0) is 6.54 Å². The Hall–Kier alpha value is -2.29. The van der Waals surface area contributed by atoms with Crippen LogP contribution in [0.15, 0.2) is 18.2 Å². The number of unbranched alkanes of at least 4 members (excludes halogenated alkanes) is 3. The van der Waals surface area contributed by atoms with Crippen molar-refractivity contribution in [2.45, 2.75) is 71.1 Å². The molecule has 1 amide bonds. The van der Waals surface area contributed by atoms with E-state index in [-0.39, 0.29) is 0 Å². The molecule has 1 fully saturated rings. The summed E-state index contributed by atoms with van der Waals surface area (Å²) in [5.74, 6) is 2.85. The number of carbonyl (C=O) groups is 1. The number of amides is 1. The van der Waals surface area contributed by atoms with Crippen LogP contribution in [0.1, 0.15) is 61.0 Å². The van der Waals surface area contributed by atoms with Gasteiger partial charge in [-0.3, -0.25) is 9.48 Å². The van der Waals surface area contributed by atoms with Crippen molar-refractivity contribution in [3.05, 3.63) is 29.5 Å². The topological polar surface area (TPSA) is 84.7 Å². The maximum absolute atomic E-state index is 11.4. The molecule has 0 radical (unpaired) electrons. The van der Waals surface area contributed by atoms with E-state index in [0.29, 0.717) is 12.3 Å². The molecule has 0 atom stereocenters. The van der Waals surface area contributed by atoms with Gasteiger partial charge in [0.05, 0.1) is 11.2 Å². The highest BCUT2D eigenvalue weighted by molar-refractivity contribution is 6.67. The molecule has 1 aromatic heterocycles. The number of benzene rings is 1. The van der Waals surface area contributed by atoms with Crippen LogP contribution in [0.3, 0.4) is 0 Å². The van der Waals surface area contributed by atoms with Gasteiger partial charge in [-0.15, -0.1) is 0 Å². The molecule has 142 valence electrons. The van der Waals surface area contributed by atoms with E-state index < -0.39 is 5.91 Å². The van der Waals surface area contributed by atoms with Crippen LogP contribution < -0.4 is 5.73 Å². The summed E-state index contributed by atoms with van der Waals surface area (Å²) < 4.78 is 2.01. The van der Waals surface area contributed by atoms with Gasteiger partial charge in [0, 0.05) is 23.5 Å². The summed E-state index contributed by atoms with van der Waals surface area (Å²) in [5.41, 5.74) is 7.94. The third-order valence-electron chi connectivity index (χ3n) is 5.98. The summed E-state index contributed by atoms with van der Waals surface area (Å²) in [4.78, 5) is 11.4. The molecule has 0 spiro atoms. The highest BCUT2D eigenvalue weighted by Crippen LogP contribution is 2.29. The predicted molar refractivity (Wildman–Crippen MR) is 110 cm³/mol. The van der Waals surface area contributed by atoms with E-state index in [2.05, 4.69) is 11.1 Å². The Labute approximate surface area is 162 Å². The summed E-state index contributed by atoms with van der Waals surface area (Å²) in [6.07, 6.45) is 10.8. The molecular weight excluding hydrogens is 335 g/mol. The third kappa shape index (κ3) is 4.91. The molecule has 6 heteroatoms. The molecule has 0 bridgehead atoms. The minimum absolute atomic E-state index is 0.309. The summed E-state index contributed by atoms with van der Waals surface area (Å²) in [5, 5.41) is 14.7. The van der Waals surface area contributed by atoms with E-state index in [1.165, 1.54) is 38.5 Å². The molecule has 1 saturated heterocycles. The number of primary amides is 1. The standard InChI is InChI=1S/C21H29BN4O/c1-16-19-8-7-18(21(24)27)14-20(19)26(25-16)13-5-3-2-4-6-17-9-11-22(15-23)12-10-17/h7-8,14,17H,2-6,9-13H2,1H3,(H2,24,27). The van der Waals surface area contributed by atoms with Crippen molar-refractivity contribution in [1.82, 2.24) is 9.78 Å². The number of nitriles is 1. The van der Waals surface area contributed by atoms with Crippen molar-refractivity contribution >= 4 is 23.5 Å². The smallest absolute Gasteiger partial charge is 0.267 e. The zero-order chi connectivity index (χ0) is 19.2. The first-order valence-corrected chi connectivity index (χ1v) is 10.2. The zero-order valence-electron chi connectivity index (χ0n) is 16.3. The highest BCUT2D eigenvalue weighted by Gasteiger charge is 2.23. The van der Waals surface area contributed by atoms with E-state index >= 15 is 0 Å². The normalized spacial score (nSPS) is 15.2. The average Bonchev–Trinajstić information content (AvgIpc) is 3.00. The predicted octanol–water partition coefficient (Wildman–Crippen LogP) is 4.36. The van der Waals surface area contributed by atoms with E-state index in [9.17, 15) is 4.79 Å². The Morgan fingerprint density at radius 2 is 2.04 bits per heavy atom. The maximum Gasteiger partial charge on any atom is 0.267 e. The van der Waals surface area contributed by atoms with Gasteiger partial charge in [-0.2, -0.15) is 5.10 Å². The molecule has 5 nitrogen and oxygen atoms in total. The van der Waals surface area contributed by atoms with E-state index in [1.54, 1.807) is 6.07 Å². The molecular formula is C21H29BN4O. The molecule has 1 aliphatic heterocycles. The Bertz CT molecular complexity index is 831. The molecule has 1 aliphatic rings. The van der Waals surface area contributed by atoms with E-state index in [0.717, 1.165) is 48.1 Å². The number of rotatable bonds is 8. The van der Waals surface area contributed by atoms with Crippen molar-refractivity contribution in [2.24, 2.45) is 11.7 Å². The molecule has 27 heavy (non-hydrogen) atoms. The lowest BCUT2D eigenvalue weighted by Gasteiger charge is -2.22. The van der Waals surface area contributed by atoms with Gasteiger partial charge in [0.1, 0.15) is 0 Å². The second kappa shape index (κ2) is 9.08. The van der Waals surface area contributed by atoms with Gasteiger partial charge in [0.25, 0.3) is 6.71 Å². The van der Waals surface area contributed by atoms with E-state index in [1.807, 2.05) is 23.7 Å². The van der Waals surface area contributed by atoms with Crippen molar-refractivity contribution in [3.8, 4) is 5.97 Å². The van der Waals surface area contributed by atoms with Crippen LogP contribution in [0.2, 0.25) is 12.6 Å². The monoisotopic (exact) mass is 364 g/mol. The van der Waals surface area contributed by atoms with Crippen molar-refractivity contribution in [1.29, 1.82) is 5.26 Å². The van der Waals surface area contributed by atoms with Gasteiger partial charge in [-0.25, -0.2) is 5.26 Å². The van der Waals surface area contributed by atoms with Crippen LogP contribution in [-0.4, -0.2) is 22.4 Å². The first-order valence-electron chi connectivity index (χ1n) is 10.2. The van der Waals surface area contributed by atoms with Crippen LogP contribution in [0, 0.1) is 24.1 Å².